The van der Waals surface area contributed by atoms with Gasteiger partial charge in [-0.3, -0.25) is 0 Å². The zero-order valence-electron chi connectivity index (χ0n) is 11.5. The molecule has 6 heteroatoms. The Kier molecular flexibility index (Phi) is 3.81. The smallest absolute Gasteiger partial charge is 0.149 e. The Morgan fingerprint density at radius 2 is 2.00 bits per heavy atom. The van der Waals surface area contributed by atoms with Gasteiger partial charge in [-0.05, 0) is 23.8 Å². The summed E-state index contributed by atoms with van der Waals surface area (Å²) in [5.74, 6) is 0.551. The molecule has 0 bridgehead atoms. The molecule has 0 fully saturated rings. The van der Waals surface area contributed by atoms with Crippen molar-refractivity contribution in [3.8, 4) is 10.4 Å². The first-order chi connectivity index (χ1) is 10.2. The van der Waals surface area contributed by atoms with E-state index >= 15 is 0 Å². The Balaban J connectivity index is 2.07. The summed E-state index contributed by atoms with van der Waals surface area (Å²) in [6.45, 7) is 0.577. The van der Waals surface area contributed by atoms with E-state index in [1.165, 1.54) is 18.5 Å². The maximum absolute atomic E-state index is 13.0. The maximum atomic E-state index is 13.0. The molecule has 0 saturated carbocycles. The standard InChI is InChI=1S/C15H14FN3OS/c1-19(6-7-20)15-14-12(17-9-18-15)8-13(21-14)10-2-4-11(16)5-3-10/h2-5,8-9,20H,6-7H2,1H3. The number of hydrogen-bond donors (Lipinski definition) is 1. The van der Waals surface area contributed by atoms with E-state index in [4.69, 9.17) is 5.11 Å². The van der Waals surface area contributed by atoms with E-state index in [1.807, 2.05) is 18.0 Å². The van der Waals surface area contributed by atoms with Gasteiger partial charge in [-0.1, -0.05) is 12.1 Å². The van der Waals surface area contributed by atoms with Crippen LogP contribution in [0, 0.1) is 5.82 Å². The predicted octanol–water partition coefficient (Wildman–Crippen LogP) is 2.93. The average Bonchev–Trinajstić information content (AvgIpc) is 2.92. The first kappa shape index (κ1) is 13.9. The molecule has 0 aliphatic carbocycles. The van der Waals surface area contributed by atoms with E-state index < -0.39 is 0 Å². The second-order valence-corrected chi connectivity index (χ2v) is 5.73. The number of hydrogen-bond acceptors (Lipinski definition) is 5. The molecular weight excluding hydrogens is 289 g/mol. The van der Waals surface area contributed by atoms with Crippen LogP contribution in [0.4, 0.5) is 10.2 Å². The van der Waals surface area contributed by atoms with E-state index in [0.29, 0.717) is 6.54 Å². The van der Waals surface area contributed by atoms with Crippen molar-refractivity contribution in [2.75, 3.05) is 25.1 Å². The molecule has 0 saturated heterocycles. The number of aromatic nitrogens is 2. The molecular formula is C15H14FN3OS. The monoisotopic (exact) mass is 303 g/mol. The van der Waals surface area contributed by atoms with E-state index in [-0.39, 0.29) is 12.4 Å². The molecule has 0 unspecified atom stereocenters. The van der Waals surface area contributed by atoms with Crippen LogP contribution in [0.2, 0.25) is 0 Å². The van der Waals surface area contributed by atoms with Gasteiger partial charge in [0.05, 0.1) is 16.8 Å². The minimum absolute atomic E-state index is 0.0676. The van der Waals surface area contributed by atoms with Gasteiger partial charge in [-0.15, -0.1) is 11.3 Å². The summed E-state index contributed by atoms with van der Waals surface area (Å²) in [5, 5.41) is 9.06. The quantitative estimate of drug-likeness (QED) is 0.805. The van der Waals surface area contributed by atoms with E-state index in [9.17, 15) is 4.39 Å². The number of fused-ring (bicyclic) bond motifs is 1. The number of thiophene rings is 1. The molecule has 0 aliphatic heterocycles. The van der Waals surface area contributed by atoms with Crippen LogP contribution in [0.25, 0.3) is 20.7 Å². The first-order valence-corrected chi connectivity index (χ1v) is 7.33. The Morgan fingerprint density at radius 1 is 1.24 bits per heavy atom. The molecule has 2 heterocycles. The molecule has 2 aromatic heterocycles. The van der Waals surface area contributed by atoms with E-state index in [2.05, 4.69) is 9.97 Å². The SMILES string of the molecule is CN(CCO)c1ncnc2cc(-c3ccc(F)cc3)sc12. The minimum atomic E-state index is -0.247. The van der Waals surface area contributed by atoms with Crippen LogP contribution in [0.5, 0.6) is 0 Å². The van der Waals surface area contributed by atoms with Gasteiger partial charge in [0, 0.05) is 18.5 Å². The normalized spacial score (nSPS) is 11.0. The third-order valence-electron chi connectivity index (χ3n) is 3.22. The maximum Gasteiger partial charge on any atom is 0.149 e. The van der Waals surface area contributed by atoms with Crippen LogP contribution in [0.15, 0.2) is 36.7 Å². The number of benzene rings is 1. The summed E-state index contributed by atoms with van der Waals surface area (Å²) >= 11 is 1.57. The van der Waals surface area contributed by atoms with Gasteiger partial charge in [-0.2, -0.15) is 0 Å². The van der Waals surface area contributed by atoms with Crippen LogP contribution in [0.3, 0.4) is 0 Å². The molecule has 4 nitrogen and oxygen atoms in total. The second-order valence-electron chi connectivity index (χ2n) is 4.67. The fourth-order valence-electron chi connectivity index (χ4n) is 2.13. The van der Waals surface area contributed by atoms with E-state index in [1.54, 1.807) is 23.5 Å². The lowest BCUT2D eigenvalue weighted by molar-refractivity contribution is 0.304. The van der Waals surface area contributed by atoms with Gasteiger partial charge in [0.15, 0.2) is 0 Å². The van der Waals surface area contributed by atoms with Gasteiger partial charge in [0.2, 0.25) is 0 Å². The summed E-state index contributed by atoms with van der Waals surface area (Å²) < 4.78 is 14.0. The lowest BCUT2D eigenvalue weighted by Crippen LogP contribution is -2.22. The third kappa shape index (κ3) is 2.72. The van der Waals surface area contributed by atoms with Gasteiger partial charge < -0.3 is 10.0 Å². The topological polar surface area (TPSA) is 49.2 Å². The molecule has 0 spiro atoms. The summed E-state index contributed by atoms with van der Waals surface area (Å²) in [4.78, 5) is 11.5. The van der Waals surface area contributed by atoms with Crippen molar-refractivity contribution < 1.29 is 9.50 Å². The van der Waals surface area contributed by atoms with Crippen molar-refractivity contribution >= 4 is 27.4 Å². The summed E-state index contributed by atoms with van der Waals surface area (Å²) in [7, 11) is 1.88. The van der Waals surface area contributed by atoms with Crippen molar-refractivity contribution in [1.29, 1.82) is 0 Å². The Hall–Kier alpha value is -2.05. The lowest BCUT2D eigenvalue weighted by atomic mass is 10.2. The second kappa shape index (κ2) is 5.75. The molecule has 108 valence electrons. The van der Waals surface area contributed by atoms with Crippen molar-refractivity contribution in [1.82, 2.24) is 9.97 Å². The number of halogens is 1. The largest absolute Gasteiger partial charge is 0.395 e. The highest BCUT2D eigenvalue weighted by molar-refractivity contribution is 7.22. The Labute approximate surface area is 125 Å². The van der Waals surface area contributed by atoms with Gasteiger partial charge in [0.25, 0.3) is 0 Å². The highest BCUT2D eigenvalue weighted by Crippen LogP contribution is 2.36. The highest BCUT2D eigenvalue weighted by Gasteiger charge is 2.13. The highest BCUT2D eigenvalue weighted by atomic mass is 32.1. The average molecular weight is 303 g/mol. The lowest BCUT2D eigenvalue weighted by Gasteiger charge is -2.16. The minimum Gasteiger partial charge on any atom is -0.395 e. The number of likely N-dealkylation sites (N-methyl/N-ethyl adjacent to an activating group) is 1. The molecule has 3 aromatic rings. The molecule has 0 amide bonds. The third-order valence-corrected chi connectivity index (χ3v) is 4.39. The van der Waals surface area contributed by atoms with Crippen molar-refractivity contribution in [3.63, 3.8) is 0 Å². The summed E-state index contributed by atoms with van der Waals surface area (Å²) in [5.41, 5.74) is 1.81. The van der Waals surface area contributed by atoms with Crippen molar-refractivity contribution in [2.24, 2.45) is 0 Å². The number of rotatable bonds is 4. The summed E-state index contributed by atoms with van der Waals surface area (Å²) in [6, 6.07) is 8.38. The predicted molar refractivity (Wildman–Crippen MR) is 83.2 cm³/mol. The van der Waals surface area contributed by atoms with Gasteiger partial charge in [0.1, 0.15) is 18.0 Å². The van der Waals surface area contributed by atoms with Crippen molar-refractivity contribution in [3.05, 3.63) is 42.5 Å². The fourth-order valence-corrected chi connectivity index (χ4v) is 3.29. The molecule has 21 heavy (non-hydrogen) atoms. The van der Waals surface area contributed by atoms with Crippen LogP contribution in [-0.2, 0) is 0 Å². The van der Waals surface area contributed by atoms with Crippen LogP contribution < -0.4 is 4.90 Å². The van der Waals surface area contributed by atoms with Crippen LogP contribution >= 0.6 is 11.3 Å². The number of anilines is 1. The van der Waals surface area contributed by atoms with Crippen molar-refractivity contribution in [2.45, 2.75) is 0 Å². The van der Waals surface area contributed by atoms with Gasteiger partial charge >= 0.3 is 0 Å². The zero-order chi connectivity index (χ0) is 14.8. The Morgan fingerprint density at radius 3 is 2.71 bits per heavy atom. The first-order valence-electron chi connectivity index (χ1n) is 6.51. The van der Waals surface area contributed by atoms with Crippen LogP contribution in [0.1, 0.15) is 0 Å². The number of nitrogens with zero attached hydrogens (tertiary/aromatic N) is 3. The molecule has 0 radical (unpaired) electrons. The number of aliphatic hydroxyl groups is 1. The number of aliphatic hydroxyl groups excluding tert-OH is 1. The Bertz CT molecular complexity index is 757. The molecule has 0 atom stereocenters. The fraction of sp³-hybridized carbons (Fsp3) is 0.200. The summed E-state index contributed by atoms with van der Waals surface area (Å²) in [6.07, 6.45) is 1.52. The van der Waals surface area contributed by atoms with Crippen LogP contribution in [-0.4, -0.2) is 35.3 Å². The molecule has 1 aromatic carbocycles. The zero-order valence-corrected chi connectivity index (χ0v) is 12.3. The molecule has 1 N–H and O–H groups in total. The van der Waals surface area contributed by atoms with Gasteiger partial charge in [-0.25, -0.2) is 14.4 Å². The molecule has 3 rings (SSSR count). The molecule has 0 aliphatic rings. The van der Waals surface area contributed by atoms with E-state index in [0.717, 1.165) is 26.5 Å².